The highest BCUT2D eigenvalue weighted by Gasteiger charge is 2.14. The number of unbranched alkanes of at least 4 members (excludes halogenated alkanes) is 6. The molecule has 57 heavy (non-hydrogen) atoms. The molecule has 1 unspecified atom stereocenters. The Labute approximate surface area is 343 Å². The van der Waals surface area contributed by atoms with Crippen molar-refractivity contribution in [1.29, 1.82) is 5.53 Å². The van der Waals surface area contributed by atoms with Gasteiger partial charge in [0.25, 0.3) is 0 Å². The van der Waals surface area contributed by atoms with E-state index in [0.29, 0.717) is 137 Å². The zero-order chi connectivity index (χ0) is 41.3. The van der Waals surface area contributed by atoms with Gasteiger partial charge in [0.15, 0.2) is 0 Å². The molecular weight excluding hydrogens is 757 g/mol. The van der Waals surface area contributed by atoms with Crippen LogP contribution in [0.5, 0.6) is 11.5 Å². The van der Waals surface area contributed by atoms with Crippen LogP contribution in [0, 0.1) is 5.53 Å². The van der Waals surface area contributed by atoms with Crippen molar-refractivity contribution in [2.75, 3.05) is 138 Å². The number of hydrogen-bond donors (Lipinski definition) is 2. The zero-order valence-electron chi connectivity index (χ0n) is 35.6. The molecular formula is C41H76N3O12P. The van der Waals surface area contributed by atoms with Gasteiger partial charge < -0.3 is 57.2 Å². The Morgan fingerprint density at radius 1 is 0.596 bits per heavy atom. The quantitative estimate of drug-likeness (QED) is 0.0374. The van der Waals surface area contributed by atoms with Crippen LogP contribution in [0.15, 0.2) is 35.2 Å². The smallest absolute Gasteiger partial charge is 0.202 e. The van der Waals surface area contributed by atoms with E-state index in [2.05, 4.69) is 24.3 Å². The van der Waals surface area contributed by atoms with Gasteiger partial charge in [-0.05, 0) is 37.5 Å². The molecule has 0 aliphatic rings. The first-order valence-corrected chi connectivity index (χ1v) is 23.2. The first-order valence-electron chi connectivity index (χ1n) is 21.0. The number of benzene rings is 1. The molecule has 0 saturated carbocycles. The summed E-state index contributed by atoms with van der Waals surface area (Å²) in [5, 5.41) is 6.84. The SMILES string of the molecule is CCCCCCOc1cc(CN/C=C(/COCCOCCOCCOCCOCCOCCOCCOCCP(C)(=O)OCC)N=N)cc(OCCCCCC)c1. The summed E-state index contributed by atoms with van der Waals surface area (Å²) in [5.41, 5.74) is 9.03. The fraction of sp³-hybridized carbons (Fsp3) is 0.805. The molecule has 0 saturated heterocycles. The number of rotatable bonds is 44. The van der Waals surface area contributed by atoms with E-state index in [1.54, 1.807) is 12.9 Å². The molecule has 15 nitrogen and oxygen atoms in total. The third-order valence-corrected chi connectivity index (χ3v) is 9.89. The van der Waals surface area contributed by atoms with Crippen LogP contribution in [0.4, 0.5) is 0 Å². The Hall–Kier alpha value is -2.17. The molecule has 0 spiro atoms. The van der Waals surface area contributed by atoms with E-state index in [1.807, 2.05) is 25.1 Å². The predicted octanol–water partition coefficient (Wildman–Crippen LogP) is 7.64. The minimum Gasteiger partial charge on any atom is -0.493 e. The molecule has 332 valence electrons. The van der Waals surface area contributed by atoms with Crippen molar-refractivity contribution in [3.05, 3.63) is 35.7 Å². The van der Waals surface area contributed by atoms with E-state index in [-0.39, 0.29) is 6.61 Å². The summed E-state index contributed by atoms with van der Waals surface area (Å²) >= 11 is 0. The van der Waals surface area contributed by atoms with E-state index in [1.165, 1.54) is 38.5 Å². The Morgan fingerprint density at radius 3 is 1.42 bits per heavy atom. The Kier molecular flexibility index (Phi) is 36.4. The first-order chi connectivity index (χ1) is 27.9. The van der Waals surface area contributed by atoms with Gasteiger partial charge in [0, 0.05) is 31.6 Å². The molecule has 16 heteroatoms. The maximum Gasteiger partial charge on any atom is 0.202 e. The second kappa shape index (κ2) is 39.3. The fourth-order valence-electron chi connectivity index (χ4n) is 5.01. The normalized spacial score (nSPS) is 12.8. The second-order valence-corrected chi connectivity index (χ2v) is 16.0. The van der Waals surface area contributed by atoms with Crippen LogP contribution in [0.3, 0.4) is 0 Å². The highest BCUT2D eigenvalue weighted by Crippen LogP contribution is 2.41. The van der Waals surface area contributed by atoms with Gasteiger partial charge in [-0.2, -0.15) is 5.11 Å². The summed E-state index contributed by atoms with van der Waals surface area (Å²) in [5.74, 6) is 1.62. The standard InChI is InChI=1S/C41H76N3O12P/c1-5-8-10-12-14-54-40-32-38(33-41(34-40)55-15-13-11-9-6-2)35-43-36-39(44-42)37-53-29-28-51-25-24-49-21-20-47-17-16-46-18-19-48-22-23-50-26-27-52-30-31-57(4,45)56-7-3/h32-34,36,42-43H,5-31,35,37H2,1-4H3/b39-36-,44-42?. The van der Waals surface area contributed by atoms with Crippen LogP contribution in [0.1, 0.15) is 77.7 Å². The molecule has 1 rings (SSSR count). The number of nitrogens with zero attached hydrogens (tertiary/aromatic N) is 1. The largest absolute Gasteiger partial charge is 0.493 e. The molecule has 1 aromatic rings. The Bertz CT molecular complexity index is 1120. The number of nitrogens with one attached hydrogen (secondary N) is 2. The van der Waals surface area contributed by atoms with Crippen molar-refractivity contribution >= 4 is 7.37 Å². The van der Waals surface area contributed by atoms with E-state index in [9.17, 15) is 4.57 Å². The van der Waals surface area contributed by atoms with Gasteiger partial charge in [-0.15, -0.1) is 0 Å². The van der Waals surface area contributed by atoms with Gasteiger partial charge in [0.05, 0.1) is 126 Å². The molecule has 0 aromatic heterocycles. The molecule has 0 fully saturated rings. The monoisotopic (exact) mass is 834 g/mol. The van der Waals surface area contributed by atoms with Crippen LogP contribution in [-0.4, -0.2) is 138 Å². The molecule has 0 heterocycles. The summed E-state index contributed by atoms with van der Waals surface area (Å²) < 4.78 is 73.4. The second-order valence-electron chi connectivity index (χ2n) is 13.3. The maximum absolute atomic E-state index is 12.0. The molecule has 0 bridgehead atoms. The van der Waals surface area contributed by atoms with Gasteiger partial charge in [-0.25, -0.2) is 5.53 Å². The van der Waals surface area contributed by atoms with Crippen molar-refractivity contribution < 1.29 is 56.5 Å². The summed E-state index contributed by atoms with van der Waals surface area (Å²) in [7, 11) is -2.54. The maximum atomic E-state index is 12.0. The lowest BCUT2D eigenvalue weighted by Gasteiger charge is -2.13. The molecule has 1 atom stereocenters. The van der Waals surface area contributed by atoms with Crippen LogP contribution >= 0.6 is 7.37 Å². The average Bonchev–Trinajstić information content (AvgIpc) is 3.20. The van der Waals surface area contributed by atoms with Crippen molar-refractivity contribution in [1.82, 2.24) is 5.32 Å². The fourth-order valence-corrected chi connectivity index (χ4v) is 6.15. The third-order valence-electron chi connectivity index (χ3n) is 8.09. The van der Waals surface area contributed by atoms with Crippen LogP contribution in [-0.2, 0) is 53.5 Å². The predicted molar refractivity (Wildman–Crippen MR) is 222 cm³/mol. The van der Waals surface area contributed by atoms with Crippen molar-refractivity contribution in [2.45, 2.75) is 78.7 Å². The lowest BCUT2D eigenvalue weighted by atomic mass is 10.2. The third kappa shape index (κ3) is 34.4. The molecule has 0 amide bonds. The summed E-state index contributed by atoms with van der Waals surface area (Å²) in [6.07, 6.45) is 11.3. The Balaban J connectivity index is 2.02. The summed E-state index contributed by atoms with van der Waals surface area (Å²) in [4.78, 5) is 0. The zero-order valence-corrected chi connectivity index (χ0v) is 36.5. The van der Waals surface area contributed by atoms with Gasteiger partial charge in [0.1, 0.15) is 17.2 Å². The molecule has 0 radical (unpaired) electrons. The lowest BCUT2D eigenvalue weighted by molar-refractivity contribution is -0.0224. The van der Waals surface area contributed by atoms with E-state index in [4.69, 9.17) is 57.4 Å². The van der Waals surface area contributed by atoms with Crippen LogP contribution < -0.4 is 14.8 Å². The molecule has 0 aliphatic heterocycles. The van der Waals surface area contributed by atoms with Gasteiger partial charge in [-0.1, -0.05) is 52.4 Å². The van der Waals surface area contributed by atoms with Gasteiger partial charge >= 0.3 is 0 Å². The Morgan fingerprint density at radius 2 is 1.02 bits per heavy atom. The first kappa shape index (κ1) is 52.8. The molecule has 2 N–H and O–H groups in total. The van der Waals surface area contributed by atoms with E-state index in [0.717, 1.165) is 29.9 Å². The number of hydrogen-bond acceptors (Lipinski definition) is 15. The topological polar surface area (TPSA) is 167 Å². The lowest BCUT2D eigenvalue weighted by Crippen LogP contribution is -2.15. The molecule has 0 aliphatic carbocycles. The summed E-state index contributed by atoms with van der Waals surface area (Å²) in [6.45, 7) is 17.2. The minimum atomic E-state index is -2.54. The van der Waals surface area contributed by atoms with E-state index < -0.39 is 7.37 Å². The summed E-state index contributed by atoms with van der Waals surface area (Å²) in [6, 6.07) is 6.03. The van der Waals surface area contributed by atoms with Crippen LogP contribution in [0.2, 0.25) is 0 Å². The number of ether oxygens (including phenoxy) is 10. The highest BCUT2D eigenvalue weighted by atomic mass is 31.2. The van der Waals surface area contributed by atoms with Gasteiger partial charge in [-0.3, -0.25) is 4.57 Å². The minimum absolute atomic E-state index is 0.200. The highest BCUT2D eigenvalue weighted by molar-refractivity contribution is 7.58. The molecule has 1 aromatic carbocycles. The van der Waals surface area contributed by atoms with E-state index >= 15 is 0 Å². The van der Waals surface area contributed by atoms with Crippen molar-refractivity contribution in [2.24, 2.45) is 5.11 Å². The van der Waals surface area contributed by atoms with Crippen molar-refractivity contribution in [3.63, 3.8) is 0 Å². The van der Waals surface area contributed by atoms with Gasteiger partial charge in [0.2, 0.25) is 7.37 Å². The average molecular weight is 834 g/mol. The van der Waals surface area contributed by atoms with Crippen molar-refractivity contribution in [3.8, 4) is 11.5 Å². The van der Waals surface area contributed by atoms with Crippen LogP contribution in [0.25, 0.3) is 0 Å².